The van der Waals surface area contributed by atoms with E-state index in [1.54, 1.807) is 51.1 Å². The molecule has 0 aromatic heterocycles. The standard InChI is InChI=1S/C21H24FN3O4/c1-21(2,3)29-20(28)24-13-18(26)23-12-14-8-4-7-11-17(14)25-19(27)15-9-5-6-10-16(15)22/h4-11H,12-13H2,1-3H3,(H,23,26)(H,24,28)(H,25,27). The number of anilines is 1. The monoisotopic (exact) mass is 401 g/mol. The van der Waals surface area contributed by atoms with E-state index in [0.29, 0.717) is 11.3 Å². The topological polar surface area (TPSA) is 96.5 Å². The Morgan fingerprint density at radius 3 is 2.31 bits per heavy atom. The van der Waals surface area contributed by atoms with Gasteiger partial charge in [0.2, 0.25) is 5.91 Å². The van der Waals surface area contributed by atoms with E-state index >= 15 is 0 Å². The molecule has 0 saturated heterocycles. The van der Waals surface area contributed by atoms with Crippen LogP contribution in [0.4, 0.5) is 14.9 Å². The molecule has 0 heterocycles. The van der Waals surface area contributed by atoms with Crippen molar-refractivity contribution in [1.29, 1.82) is 0 Å². The summed E-state index contributed by atoms with van der Waals surface area (Å²) < 4.78 is 18.8. The fraction of sp³-hybridized carbons (Fsp3) is 0.286. The van der Waals surface area contributed by atoms with Gasteiger partial charge in [-0.2, -0.15) is 0 Å². The normalized spacial score (nSPS) is 10.8. The third kappa shape index (κ3) is 7.25. The summed E-state index contributed by atoms with van der Waals surface area (Å²) in [4.78, 5) is 35.9. The van der Waals surface area contributed by atoms with E-state index in [1.807, 2.05) is 0 Å². The number of ether oxygens (including phenoxy) is 1. The van der Waals surface area contributed by atoms with Crippen LogP contribution in [0.25, 0.3) is 0 Å². The lowest BCUT2D eigenvalue weighted by atomic mass is 10.1. The van der Waals surface area contributed by atoms with Gasteiger partial charge in [-0.3, -0.25) is 9.59 Å². The molecule has 2 rings (SSSR count). The maximum Gasteiger partial charge on any atom is 0.408 e. The highest BCUT2D eigenvalue weighted by atomic mass is 19.1. The van der Waals surface area contributed by atoms with Gasteiger partial charge in [-0.1, -0.05) is 30.3 Å². The molecule has 0 fully saturated rings. The Morgan fingerprint density at radius 1 is 0.966 bits per heavy atom. The largest absolute Gasteiger partial charge is 0.444 e. The van der Waals surface area contributed by atoms with Crippen molar-refractivity contribution in [3.8, 4) is 0 Å². The first kappa shape index (κ1) is 21.9. The molecule has 0 saturated carbocycles. The minimum absolute atomic E-state index is 0.0760. The molecule has 0 spiro atoms. The van der Waals surface area contributed by atoms with E-state index in [4.69, 9.17) is 4.74 Å². The van der Waals surface area contributed by atoms with Gasteiger partial charge in [0.05, 0.1) is 5.56 Å². The molecule has 29 heavy (non-hydrogen) atoms. The summed E-state index contributed by atoms with van der Waals surface area (Å²) >= 11 is 0. The quantitative estimate of drug-likeness (QED) is 0.692. The summed E-state index contributed by atoms with van der Waals surface area (Å²) in [5.41, 5.74) is 0.340. The Morgan fingerprint density at radius 2 is 1.62 bits per heavy atom. The number of nitrogens with one attached hydrogen (secondary N) is 3. The lowest BCUT2D eigenvalue weighted by Crippen LogP contribution is -2.39. The van der Waals surface area contributed by atoms with Crippen LogP contribution in [0.3, 0.4) is 0 Å². The first-order chi connectivity index (χ1) is 13.7. The Bertz CT molecular complexity index is 893. The zero-order valence-corrected chi connectivity index (χ0v) is 16.5. The smallest absolute Gasteiger partial charge is 0.408 e. The number of para-hydroxylation sites is 1. The molecule has 7 nitrogen and oxygen atoms in total. The number of hydrogen-bond acceptors (Lipinski definition) is 4. The van der Waals surface area contributed by atoms with Gasteiger partial charge in [0.15, 0.2) is 0 Å². The second-order valence-electron chi connectivity index (χ2n) is 7.22. The molecule has 0 radical (unpaired) electrons. The van der Waals surface area contributed by atoms with Crippen molar-refractivity contribution in [1.82, 2.24) is 10.6 Å². The van der Waals surface area contributed by atoms with E-state index in [-0.39, 0.29) is 18.7 Å². The molecule has 0 unspecified atom stereocenters. The minimum atomic E-state index is -0.690. The number of carbonyl (C=O) groups excluding carboxylic acids is 3. The van der Waals surface area contributed by atoms with Crippen molar-refractivity contribution >= 4 is 23.6 Å². The third-order valence-corrected chi connectivity index (χ3v) is 3.65. The number of alkyl carbamates (subject to hydrolysis) is 1. The fourth-order valence-corrected chi connectivity index (χ4v) is 2.35. The molecule has 0 aliphatic heterocycles. The number of rotatable bonds is 6. The van der Waals surface area contributed by atoms with Crippen LogP contribution in [0.15, 0.2) is 48.5 Å². The van der Waals surface area contributed by atoms with Crippen LogP contribution in [0.5, 0.6) is 0 Å². The van der Waals surface area contributed by atoms with Crippen molar-refractivity contribution in [2.24, 2.45) is 0 Å². The molecule has 0 atom stereocenters. The summed E-state index contributed by atoms with van der Waals surface area (Å²) in [6.07, 6.45) is -0.690. The third-order valence-electron chi connectivity index (χ3n) is 3.65. The molecular formula is C21H24FN3O4. The Labute approximate surface area is 168 Å². The van der Waals surface area contributed by atoms with Crippen LogP contribution in [0.2, 0.25) is 0 Å². The minimum Gasteiger partial charge on any atom is -0.444 e. The van der Waals surface area contributed by atoms with Gasteiger partial charge in [0.1, 0.15) is 18.0 Å². The van der Waals surface area contributed by atoms with Gasteiger partial charge in [-0.15, -0.1) is 0 Å². The highest BCUT2D eigenvalue weighted by Gasteiger charge is 2.17. The van der Waals surface area contributed by atoms with Crippen molar-refractivity contribution in [3.63, 3.8) is 0 Å². The highest BCUT2D eigenvalue weighted by Crippen LogP contribution is 2.17. The van der Waals surface area contributed by atoms with Gasteiger partial charge < -0.3 is 20.7 Å². The highest BCUT2D eigenvalue weighted by molar-refractivity contribution is 6.04. The van der Waals surface area contributed by atoms with Gasteiger partial charge in [-0.05, 0) is 44.5 Å². The summed E-state index contributed by atoms with van der Waals surface area (Å²) in [6, 6.07) is 12.5. The van der Waals surface area contributed by atoms with Gasteiger partial charge in [-0.25, -0.2) is 9.18 Å². The molecular weight excluding hydrogens is 377 g/mol. The van der Waals surface area contributed by atoms with Gasteiger partial charge in [0, 0.05) is 12.2 Å². The first-order valence-electron chi connectivity index (χ1n) is 9.03. The number of carbonyl (C=O) groups is 3. The Hall–Kier alpha value is -3.42. The number of benzene rings is 2. The van der Waals surface area contributed by atoms with Crippen molar-refractivity contribution in [2.75, 3.05) is 11.9 Å². The molecule has 3 amide bonds. The van der Waals surface area contributed by atoms with Crippen LogP contribution in [0, 0.1) is 5.82 Å². The second kappa shape index (κ2) is 9.68. The Kier molecular flexibility index (Phi) is 7.30. The maximum atomic E-state index is 13.8. The molecule has 0 bridgehead atoms. The predicted octanol–water partition coefficient (Wildman–Crippen LogP) is 3.22. The molecule has 3 N–H and O–H groups in total. The zero-order chi connectivity index (χ0) is 21.4. The number of amides is 3. The summed E-state index contributed by atoms with van der Waals surface area (Å²) in [7, 11) is 0. The van der Waals surface area contributed by atoms with E-state index in [9.17, 15) is 18.8 Å². The Balaban J connectivity index is 1.92. The molecule has 8 heteroatoms. The molecule has 0 aliphatic rings. The van der Waals surface area contributed by atoms with Crippen LogP contribution in [0.1, 0.15) is 36.7 Å². The molecule has 2 aromatic carbocycles. The van der Waals surface area contributed by atoms with Crippen molar-refractivity contribution in [2.45, 2.75) is 32.9 Å². The van der Waals surface area contributed by atoms with E-state index in [0.717, 1.165) is 0 Å². The average molecular weight is 401 g/mol. The van der Waals surface area contributed by atoms with E-state index < -0.39 is 29.3 Å². The van der Waals surface area contributed by atoms with Gasteiger partial charge >= 0.3 is 6.09 Å². The lowest BCUT2D eigenvalue weighted by Gasteiger charge is -2.19. The second-order valence-corrected chi connectivity index (χ2v) is 7.22. The van der Waals surface area contributed by atoms with Crippen LogP contribution in [-0.2, 0) is 16.1 Å². The molecule has 2 aromatic rings. The summed E-state index contributed by atoms with van der Waals surface area (Å²) in [5.74, 6) is -1.64. The van der Waals surface area contributed by atoms with E-state index in [2.05, 4.69) is 16.0 Å². The average Bonchev–Trinajstić information content (AvgIpc) is 2.64. The predicted molar refractivity (Wildman–Crippen MR) is 107 cm³/mol. The number of halogens is 1. The van der Waals surface area contributed by atoms with Crippen LogP contribution >= 0.6 is 0 Å². The number of hydrogen-bond donors (Lipinski definition) is 3. The van der Waals surface area contributed by atoms with Gasteiger partial charge in [0.25, 0.3) is 5.91 Å². The zero-order valence-electron chi connectivity index (χ0n) is 16.5. The van der Waals surface area contributed by atoms with Crippen molar-refractivity contribution < 1.29 is 23.5 Å². The van der Waals surface area contributed by atoms with Crippen LogP contribution in [-0.4, -0.2) is 30.1 Å². The fourth-order valence-electron chi connectivity index (χ4n) is 2.35. The lowest BCUT2D eigenvalue weighted by molar-refractivity contribution is -0.120. The first-order valence-corrected chi connectivity index (χ1v) is 9.03. The summed E-state index contributed by atoms with van der Waals surface area (Å²) in [6.45, 7) is 5.03. The van der Waals surface area contributed by atoms with E-state index in [1.165, 1.54) is 18.2 Å². The molecule has 154 valence electrons. The van der Waals surface area contributed by atoms with Crippen molar-refractivity contribution in [3.05, 3.63) is 65.5 Å². The summed E-state index contributed by atoms with van der Waals surface area (Å²) in [5, 5.41) is 7.66. The van der Waals surface area contributed by atoms with Crippen LogP contribution < -0.4 is 16.0 Å². The molecule has 0 aliphatic carbocycles. The SMILES string of the molecule is CC(C)(C)OC(=O)NCC(=O)NCc1ccccc1NC(=O)c1ccccc1F. The maximum absolute atomic E-state index is 13.8.